The summed E-state index contributed by atoms with van der Waals surface area (Å²) in [6.45, 7) is 3.62. The highest BCUT2D eigenvalue weighted by Gasteiger charge is 2.22. The van der Waals surface area contributed by atoms with Gasteiger partial charge in [-0.1, -0.05) is 24.9 Å². The molecule has 7 heteroatoms. The molecule has 0 spiro atoms. The van der Waals surface area contributed by atoms with Gasteiger partial charge in [0.25, 0.3) is 5.69 Å². The first-order valence-corrected chi connectivity index (χ1v) is 8.37. The molecule has 1 saturated heterocycles. The van der Waals surface area contributed by atoms with Crippen LogP contribution >= 0.6 is 11.6 Å². The van der Waals surface area contributed by atoms with E-state index >= 15 is 0 Å². The molecule has 0 bridgehead atoms. The van der Waals surface area contributed by atoms with Gasteiger partial charge in [-0.05, 0) is 25.3 Å². The van der Waals surface area contributed by atoms with Crippen molar-refractivity contribution in [2.45, 2.75) is 45.1 Å². The van der Waals surface area contributed by atoms with Gasteiger partial charge >= 0.3 is 0 Å². The third kappa shape index (κ3) is 4.82. The molecule has 0 radical (unpaired) electrons. The van der Waals surface area contributed by atoms with Crippen LogP contribution in [0.3, 0.4) is 0 Å². The lowest BCUT2D eigenvalue weighted by molar-refractivity contribution is -0.384. The summed E-state index contributed by atoms with van der Waals surface area (Å²) in [5.41, 5.74) is 0.810. The Morgan fingerprint density at radius 2 is 2.13 bits per heavy atom. The summed E-state index contributed by atoms with van der Waals surface area (Å²) in [5.74, 6) is 0.124. The number of piperidine rings is 1. The Bertz CT molecular complexity index is 572. The number of carbonyl (C=O) groups is 1. The monoisotopic (exact) mass is 339 g/mol. The molecule has 1 aliphatic rings. The number of anilines is 1. The molecule has 1 fully saturated rings. The lowest BCUT2D eigenvalue weighted by Crippen LogP contribution is -2.44. The number of nitro benzene ring substituents is 1. The summed E-state index contributed by atoms with van der Waals surface area (Å²) in [6, 6.07) is 4.75. The van der Waals surface area contributed by atoms with Crippen LogP contribution in [-0.4, -0.2) is 30.0 Å². The summed E-state index contributed by atoms with van der Waals surface area (Å²) in [7, 11) is 0. The van der Waals surface area contributed by atoms with Gasteiger partial charge in [-0.3, -0.25) is 14.9 Å². The molecule has 1 heterocycles. The number of rotatable bonds is 6. The fourth-order valence-electron chi connectivity index (χ4n) is 2.77. The Hall–Kier alpha value is -1.82. The second-order valence-corrected chi connectivity index (χ2v) is 6.23. The molecule has 126 valence electrons. The summed E-state index contributed by atoms with van der Waals surface area (Å²) in [4.78, 5) is 24.2. The van der Waals surface area contributed by atoms with Crippen molar-refractivity contribution in [3.8, 4) is 0 Å². The number of halogens is 1. The van der Waals surface area contributed by atoms with Crippen LogP contribution in [0.4, 0.5) is 11.4 Å². The van der Waals surface area contributed by atoms with E-state index in [0.29, 0.717) is 11.4 Å². The number of nitrogens with zero attached hydrogens (tertiary/aromatic N) is 2. The highest BCUT2D eigenvalue weighted by Crippen LogP contribution is 2.31. The first kappa shape index (κ1) is 17.5. The normalized spacial score (nSPS) is 15.5. The molecular weight excluding hydrogens is 318 g/mol. The number of non-ortho nitro benzene ring substituents is 1. The summed E-state index contributed by atoms with van der Waals surface area (Å²) in [5, 5.41) is 14.2. The van der Waals surface area contributed by atoms with Crippen LogP contribution in [0.2, 0.25) is 5.02 Å². The van der Waals surface area contributed by atoms with E-state index in [2.05, 4.69) is 17.1 Å². The number of amides is 1. The van der Waals surface area contributed by atoms with E-state index in [0.717, 1.165) is 44.5 Å². The van der Waals surface area contributed by atoms with Gasteiger partial charge in [0.05, 0.1) is 15.6 Å². The molecular formula is C16H22ClN3O3. The minimum Gasteiger partial charge on any atom is -0.370 e. The molecule has 23 heavy (non-hydrogen) atoms. The maximum Gasteiger partial charge on any atom is 0.271 e. The third-order valence-electron chi connectivity index (χ3n) is 4.10. The summed E-state index contributed by atoms with van der Waals surface area (Å²) >= 11 is 6.17. The van der Waals surface area contributed by atoms with Crippen LogP contribution < -0.4 is 10.2 Å². The lowest BCUT2D eigenvalue weighted by atomic mass is 10.0. The molecule has 1 N–H and O–H groups in total. The molecule has 0 aliphatic carbocycles. The van der Waals surface area contributed by atoms with Crippen molar-refractivity contribution in [1.29, 1.82) is 0 Å². The van der Waals surface area contributed by atoms with E-state index < -0.39 is 4.92 Å². The van der Waals surface area contributed by atoms with Gasteiger partial charge in [0, 0.05) is 37.7 Å². The average molecular weight is 340 g/mol. The quantitative estimate of drug-likeness (QED) is 0.635. The molecule has 0 saturated carbocycles. The molecule has 1 amide bonds. The predicted octanol–water partition coefficient (Wildman–Crippen LogP) is 3.52. The average Bonchev–Trinajstić information content (AvgIpc) is 2.53. The second-order valence-electron chi connectivity index (χ2n) is 5.83. The summed E-state index contributed by atoms with van der Waals surface area (Å²) < 4.78 is 0. The van der Waals surface area contributed by atoms with Crippen molar-refractivity contribution in [2.75, 3.05) is 18.0 Å². The van der Waals surface area contributed by atoms with Gasteiger partial charge < -0.3 is 10.2 Å². The minimum atomic E-state index is -0.451. The van der Waals surface area contributed by atoms with E-state index in [1.807, 2.05) is 0 Å². The van der Waals surface area contributed by atoms with Gasteiger partial charge in [0.2, 0.25) is 5.91 Å². The first-order valence-electron chi connectivity index (χ1n) is 7.99. The maximum atomic E-state index is 11.8. The van der Waals surface area contributed by atoms with E-state index in [4.69, 9.17) is 11.6 Å². The molecule has 6 nitrogen and oxygen atoms in total. The van der Waals surface area contributed by atoms with Crippen LogP contribution in [0.25, 0.3) is 0 Å². The van der Waals surface area contributed by atoms with Crippen molar-refractivity contribution in [1.82, 2.24) is 5.32 Å². The van der Waals surface area contributed by atoms with E-state index in [9.17, 15) is 14.9 Å². The van der Waals surface area contributed by atoms with Crippen LogP contribution in [0.1, 0.15) is 39.0 Å². The van der Waals surface area contributed by atoms with Crippen molar-refractivity contribution in [3.63, 3.8) is 0 Å². The molecule has 2 rings (SSSR count). The third-order valence-corrected chi connectivity index (χ3v) is 4.40. The molecule has 0 atom stereocenters. The fraction of sp³-hybridized carbons (Fsp3) is 0.562. The second kappa shape index (κ2) is 8.15. The zero-order valence-corrected chi connectivity index (χ0v) is 14.0. The first-order chi connectivity index (χ1) is 11.0. The SMILES string of the molecule is CCCCC(=O)NC1CCN(c2ccc([N+](=O)[O-])cc2Cl)CC1. The number of nitro groups is 1. The van der Waals surface area contributed by atoms with Crippen LogP contribution in [-0.2, 0) is 4.79 Å². The van der Waals surface area contributed by atoms with Gasteiger partial charge in [0.15, 0.2) is 0 Å². The Kier molecular flexibility index (Phi) is 6.21. The van der Waals surface area contributed by atoms with Gasteiger partial charge in [0.1, 0.15) is 0 Å². The zero-order chi connectivity index (χ0) is 16.8. The van der Waals surface area contributed by atoms with Gasteiger partial charge in [-0.15, -0.1) is 0 Å². The highest BCUT2D eigenvalue weighted by molar-refractivity contribution is 6.33. The maximum absolute atomic E-state index is 11.8. The number of nitrogens with one attached hydrogen (secondary N) is 1. The predicted molar refractivity (Wildman–Crippen MR) is 91.0 cm³/mol. The molecule has 0 aromatic heterocycles. The highest BCUT2D eigenvalue weighted by atomic mass is 35.5. The standard InChI is InChI=1S/C16H22ClN3O3/c1-2-3-4-16(21)18-12-7-9-19(10-8-12)15-6-5-13(20(22)23)11-14(15)17/h5-6,11-12H,2-4,7-10H2,1H3,(H,18,21). The molecule has 1 aromatic carbocycles. The number of hydrogen-bond acceptors (Lipinski definition) is 4. The number of benzene rings is 1. The zero-order valence-electron chi connectivity index (χ0n) is 13.3. The molecule has 1 aromatic rings. The number of hydrogen-bond donors (Lipinski definition) is 1. The van der Waals surface area contributed by atoms with E-state index in [-0.39, 0.29) is 17.6 Å². The lowest BCUT2D eigenvalue weighted by Gasteiger charge is -2.34. The van der Waals surface area contributed by atoms with Crippen LogP contribution in [0.15, 0.2) is 18.2 Å². The Balaban J connectivity index is 1.89. The fourth-order valence-corrected chi connectivity index (χ4v) is 3.06. The Morgan fingerprint density at radius 3 is 2.70 bits per heavy atom. The smallest absolute Gasteiger partial charge is 0.271 e. The van der Waals surface area contributed by atoms with E-state index in [1.165, 1.54) is 12.1 Å². The number of carbonyl (C=O) groups excluding carboxylic acids is 1. The minimum absolute atomic E-state index is 0.00294. The van der Waals surface area contributed by atoms with Crippen molar-refractivity contribution < 1.29 is 9.72 Å². The molecule has 0 unspecified atom stereocenters. The van der Waals surface area contributed by atoms with Crippen molar-refractivity contribution >= 4 is 28.9 Å². The van der Waals surface area contributed by atoms with E-state index in [1.54, 1.807) is 6.07 Å². The topological polar surface area (TPSA) is 75.5 Å². The largest absolute Gasteiger partial charge is 0.370 e. The molecule has 1 aliphatic heterocycles. The van der Waals surface area contributed by atoms with Gasteiger partial charge in [-0.2, -0.15) is 0 Å². The van der Waals surface area contributed by atoms with Crippen LogP contribution in [0, 0.1) is 10.1 Å². The van der Waals surface area contributed by atoms with Crippen LogP contribution in [0.5, 0.6) is 0 Å². The summed E-state index contributed by atoms with van der Waals surface area (Å²) in [6.07, 6.45) is 4.23. The Labute approximate surface area is 141 Å². The number of unbranched alkanes of at least 4 members (excludes halogenated alkanes) is 1. The van der Waals surface area contributed by atoms with Crippen molar-refractivity contribution in [2.24, 2.45) is 0 Å². The van der Waals surface area contributed by atoms with Crippen molar-refractivity contribution in [3.05, 3.63) is 33.3 Å². The van der Waals surface area contributed by atoms with Gasteiger partial charge in [-0.25, -0.2) is 0 Å². The Morgan fingerprint density at radius 1 is 1.43 bits per heavy atom.